The average Bonchev–Trinajstić information content (AvgIpc) is 2.69. The summed E-state index contributed by atoms with van der Waals surface area (Å²) in [4.78, 5) is 23.1. The standard InChI is InChI=1S/C15H22N2O3/c1-2-3-8-14(19)20-11-13(18)17-15(12-16)9-6-4-5-7-10-15/h3,8H,2,4-7,9-11H2,1H3,(H,17,18)/b8-3+. The van der Waals surface area contributed by atoms with E-state index in [1.165, 1.54) is 6.08 Å². The fourth-order valence-electron chi connectivity index (χ4n) is 2.30. The van der Waals surface area contributed by atoms with Crippen LogP contribution in [0.5, 0.6) is 0 Å². The smallest absolute Gasteiger partial charge is 0.330 e. The van der Waals surface area contributed by atoms with E-state index in [-0.39, 0.29) is 6.61 Å². The van der Waals surface area contributed by atoms with E-state index >= 15 is 0 Å². The molecule has 1 aliphatic rings. The first-order valence-electron chi connectivity index (χ1n) is 7.17. The highest BCUT2D eigenvalue weighted by atomic mass is 16.5. The van der Waals surface area contributed by atoms with Crippen LogP contribution in [0.1, 0.15) is 51.9 Å². The lowest BCUT2D eigenvalue weighted by atomic mass is 9.92. The zero-order valence-corrected chi connectivity index (χ0v) is 12.0. The van der Waals surface area contributed by atoms with Crippen LogP contribution in [0.15, 0.2) is 12.2 Å². The van der Waals surface area contributed by atoms with Crippen molar-refractivity contribution in [3.05, 3.63) is 12.2 Å². The summed E-state index contributed by atoms with van der Waals surface area (Å²) in [6, 6.07) is 2.22. The van der Waals surface area contributed by atoms with Gasteiger partial charge in [0, 0.05) is 6.08 Å². The van der Waals surface area contributed by atoms with Crippen molar-refractivity contribution in [2.75, 3.05) is 6.61 Å². The van der Waals surface area contributed by atoms with Crippen molar-refractivity contribution in [1.82, 2.24) is 5.32 Å². The molecule has 1 amide bonds. The van der Waals surface area contributed by atoms with Crippen molar-refractivity contribution >= 4 is 11.9 Å². The summed E-state index contributed by atoms with van der Waals surface area (Å²) in [5.41, 5.74) is -0.792. The second-order valence-electron chi connectivity index (χ2n) is 5.07. The largest absolute Gasteiger partial charge is 0.452 e. The third kappa shape index (κ3) is 5.43. The fraction of sp³-hybridized carbons (Fsp3) is 0.667. The predicted octanol–water partition coefficient (Wildman–Crippen LogP) is 2.23. The minimum atomic E-state index is -0.792. The first-order chi connectivity index (χ1) is 9.62. The van der Waals surface area contributed by atoms with Crippen LogP contribution in [-0.2, 0) is 14.3 Å². The van der Waals surface area contributed by atoms with Crippen LogP contribution in [0.25, 0.3) is 0 Å². The predicted molar refractivity (Wildman–Crippen MR) is 74.6 cm³/mol. The molecule has 5 nitrogen and oxygen atoms in total. The van der Waals surface area contributed by atoms with Crippen LogP contribution in [-0.4, -0.2) is 24.0 Å². The van der Waals surface area contributed by atoms with Crippen molar-refractivity contribution in [2.45, 2.75) is 57.4 Å². The Kier molecular flexibility index (Phi) is 6.78. The zero-order valence-electron chi connectivity index (χ0n) is 12.0. The Labute approximate surface area is 120 Å². The number of nitriles is 1. The van der Waals surface area contributed by atoms with Crippen LogP contribution in [0.3, 0.4) is 0 Å². The molecule has 20 heavy (non-hydrogen) atoms. The molecule has 0 unspecified atom stereocenters. The molecule has 1 aliphatic carbocycles. The minimum Gasteiger partial charge on any atom is -0.452 e. The highest BCUT2D eigenvalue weighted by Crippen LogP contribution is 2.26. The van der Waals surface area contributed by atoms with Gasteiger partial charge in [-0.15, -0.1) is 0 Å². The Morgan fingerprint density at radius 1 is 1.30 bits per heavy atom. The molecule has 1 rings (SSSR count). The zero-order chi connectivity index (χ0) is 14.8. The van der Waals surface area contributed by atoms with Gasteiger partial charge in [0.15, 0.2) is 6.61 Å². The van der Waals surface area contributed by atoms with Crippen molar-refractivity contribution < 1.29 is 14.3 Å². The van der Waals surface area contributed by atoms with Gasteiger partial charge in [-0.25, -0.2) is 4.79 Å². The maximum Gasteiger partial charge on any atom is 0.330 e. The summed E-state index contributed by atoms with van der Waals surface area (Å²) in [5, 5.41) is 12.1. The Hall–Kier alpha value is -1.83. The van der Waals surface area contributed by atoms with E-state index in [0.29, 0.717) is 12.8 Å². The van der Waals surface area contributed by atoms with E-state index in [4.69, 9.17) is 4.74 Å². The number of ether oxygens (including phenoxy) is 1. The maximum absolute atomic E-state index is 11.8. The minimum absolute atomic E-state index is 0.337. The highest BCUT2D eigenvalue weighted by molar-refractivity contribution is 5.86. The number of allylic oxidation sites excluding steroid dienone is 1. The third-order valence-corrected chi connectivity index (χ3v) is 3.38. The Morgan fingerprint density at radius 3 is 2.50 bits per heavy atom. The van der Waals surface area contributed by atoms with Crippen molar-refractivity contribution in [2.24, 2.45) is 0 Å². The van der Waals surface area contributed by atoms with Crippen molar-refractivity contribution in [1.29, 1.82) is 5.26 Å². The lowest BCUT2D eigenvalue weighted by Gasteiger charge is -2.26. The fourth-order valence-corrected chi connectivity index (χ4v) is 2.30. The van der Waals surface area contributed by atoms with Crippen molar-refractivity contribution in [3.63, 3.8) is 0 Å². The Balaban J connectivity index is 2.45. The number of nitrogens with one attached hydrogen (secondary N) is 1. The number of amides is 1. The molecule has 0 atom stereocenters. The van der Waals surface area contributed by atoms with Crippen LogP contribution in [0.4, 0.5) is 0 Å². The molecule has 0 aliphatic heterocycles. The van der Waals surface area contributed by atoms with Crippen LogP contribution in [0.2, 0.25) is 0 Å². The maximum atomic E-state index is 11.8. The molecular weight excluding hydrogens is 256 g/mol. The second-order valence-corrected chi connectivity index (χ2v) is 5.07. The number of hydrogen-bond acceptors (Lipinski definition) is 4. The molecule has 0 aromatic heterocycles. The molecule has 0 spiro atoms. The molecule has 110 valence electrons. The second kappa shape index (κ2) is 8.36. The van der Waals surface area contributed by atoms with Gasteiger partial charge in [0.25, 0.3) is 5.91 Å². The first kappa shape index (κ1) is 16.2. The van der Waals surface area contributed by atoms with Crippen LogP contribution < -0.4 is 5.32 Å². The number of nitrogens with zero attached hydrogens (tertiary/aromatic N) is 1. The summed E-state index contributed by atoms with van der Waals surface area (Å²) >= 11 is 0. The lowest BCUT2D eigenvalue weighted by Crippen LogP contribution is -2.48. The number of esters is 1. The molecular formula is C15H22N2O3. The summed E-state index contributed by atoms with van der Waals surface area (Å²) in [5.74, 6) is -0.944. The van der Waals surface area contributed by atoms with Crippen molar-refractivity contribution in [3.8, 4) is 6.07 Å². The monoisotopic (exact) mass is 278 g/mol. The molecule has 0 aromatic rings. The Morgan fingerprint density at radius 2 is 1.95 bits per heavy atom. The quantitative estimate of drug-likeness (QED) is 0.475. The van der Waals surface area contributed by atoms with E-state index in [0.717, 1.165) is 32.1 Å². The summed E-state index contributed by atoms with van der Waals surface area (Å²) < 4.78 is 4.82. The molecule has 0 saturated heterocycles. The number of hydrogen-bond donors (Lipinski definition) is 1. The van der Waals surface area contributed by atoms with Crippen LogP contribution in [0, 0.1) is 11.3 Å². The molecule has 0 heterocycles. The van der Waals surface area contributed by atoms with E-state index in [9.17, 15) is 14.9 Å². The summed E-state index contributed by atoms with van der Waals surface area (Å²) in [6.07, 6.45) is 9.10. The van der Waals surface area contributed by atoms with Gasteiger partial charge in [-0.3, -0.25) is 4.79 Å². The summed E-state index contributed by atoms with van der Waals surface area (Å²) in [6.45, 7) is 1.57. The third-order valence-electron chi connectivity index (χ3n) is 3.38. The number of carbonyl (C=O) groups is 2. The van der Waals surface area contributed by atoms with Gasteiger partial charge in [-0.05, 0) is 19.3 Å². The molecule has 1 fully saturated rings. The van der Waals surface area contributed by atoms with E-state index in [1.54, 1.807) is 6.08 Å². The van der Waals surface area contributed by atoms with Gasteiger partial charge >= 0.3 is 5.97 Å². The Bertz CT molecular complexity index is 402. The van der Waals surface area contributed by atoms with E-state index in [2.05, 4.69) is 11.4 Å². The lowest BCUT2D eigenvalue weighted by molar-refractivity contribution is -0.144. The molecule has 0 radical (unpaired) electrons. The van der Waals surface area contributed by atoms with Gasteiger partial charge in [0.2, 0.25) is 0 Å². The SMILES string of the molecule is CC/C=C/C(=O)OCC(=O)NC1(C#N)CCCCCC1. The summed E-state index contributed by atoms with van der Waals surface area (Å²) in [7, 11) is 0. The molecule has 1 N–H and O–H groups in total. The van der Waals surface area contributed by atoms with Gasteiger partial charge in [-0.2, -0.15) is 5.26 Å². The molecule has 5 heteroatoms. The molecule has 0 bridgehead atoms. The number of rotatable bonds is 5. The first-order valence-corrected chi connectivity index (χ1v) is 7.17. The topological polar surface area (TPSA) is 79.2 Å². The number of carbonyl (C=O) groups excluding carboxylic acids is 2. The van der Waals surface area contributed by atoms with Gasteiger partial charge in [0.05, 0.1) is 6.07 Å². The van der Waals surface area contributed by atoms with Crippen LogP contribution >= 0.6 is 0 Å². The van der Waals surface area contributed by atoms with Gasteiger partial charge in [-0.1, -0.05) is 38.7 Å². The molecule has 0 aromatic carbocycles. The normalized spacial score (nSPS) is 18.0. The van der Waals surface area contributed by atoms with Gasteiger partial charge < -0.3 is 10.1 Å². The highest BCUT2D eigenvalue weighted by Gasteiger charge is 2.32. The van der Waals surface area contributed by atoms with Gasteiger partial charge in [0.1, 0.15) is 5.54 Å². The molecule has 1 saturated carbocycles. The van der Waals surface area contributed by atoms with E-state index < -0.39 is 17.4 Å². The van der Waals surface area contributed by atoms with E-state index in [1.807, 2.05) is 6.92 Å². The average molecular weight is 278 g/mol.